The third kappa shape index (κ3) is 3.04. The Bertz CT molecular complexity index is 453. The average Bonchev–Trinajstić information content (AvgIpc) is 2.98. The Labute approximate surface area is 120 Å². The van der Waals surface area contributed by atoms with Crippen LogP contribution in [0, 0.1) is 11.8 Å². The average molecular weight is 273 g/mol. The minimum atomic E-state index is 0.270. The molecule has 3 rings (SSSR count). The molecule has 1 saturated carbocycles. The molecule has 0 radical (unpaired) electrons. The molecule has 2 aliphatic rings. The van der Waals surface area contributed by atoms with Gasteiger partial charge in [0.25, 0.3) is 0 Å². The highest BCUT2D eigenvalue weighted by atomic mass is 16.5. The van der Waals surface area contributed by atoms with E-state index in [2.05, 4.69) is 36.1 Å². The van der Waals surface area contributed by atoms with Crippen LogP contribution in [0.3, 0.4) is 0 Å². The maximum Gasteiger partial charge on any atom is 0.226 e. The van der Waals surface area contributed by atoms with Crippen LogP contribution in [-0.2, 0) is 16.0 Å². The highest BCUT2D eigenvalue weighted by Crippen LogP contribution is 2.39. The van der Waals surface area contributed by atoms with Gasteiger partial charge in [-0.05, 0) is 30.7 Å². The molecular formula is C17H23NO2. The summed E-state index contributed by atoms with van der Waals surface area (Å²) >= 11 is 0. The van der Waals surface area contributed by atoms with Crippen LogP contribution in [-0.4, -0.2) is 36.6 Å². The second kappa shape index (κ2) is 5.96. The molecule has 108 valence electrons. The lowest BCUT2D eigenvalue weighted by Crippen LogP contribution is -2.43. The molecule has 3 nitrogen and oxygen atoms in total. The van der Waals surface area contributed by atoms with Crippen LogP contribution in [0.25, 0.3) is 0 Å². The summed E-state index contributed by atoms with van der Waals surface area (Å²) in [5.74, 6) is 1.19. The molecule has 1 amide bonds. The van der Waals surface area contributed by atoms with Gasteiger partial charge in [-0.15, -0.1) is 0 Å². The van der Waals surface area contributed by atoms with Gasteiger partial charge in [-0.25, -0.2) is 0 Å². The van der Waals surface area contributed by atoms with Crippen molar-refractivity contribution in [2.45, 2.75) is 32.2 Å². The zero-order valence-electron chi connectivity index (χ0n) is 12.1. The highest BCUT2D eigenvalue weighted by Gasteiger charge is 2.43. The van der Waals surface area contributed by atoms with Crippen molar-refractivity contribution in [1.82, 2.24) is 4.90 Å². The molecule has 0 aromatic heterocycles. The normalized spacial score (nSPS) is 28.4. The van der Waals surface area contributed by atoms with E-state index in [9.17, 15) is 4.79 Å². The van der Waals surface area contributed by atoms with Crippen LogP contribution < -0.4 is 0 Å². The van der Waals surface area contributed by atoms with Crippen molar-refractivity contribution in [1.29, 1.82) is 0 Å². The predicted molar refractivity (Wildman–Crippen MR) is 78.4 cm³/mol. The molecule has 3 heteroatoms. The van der Waals surface area contributed by atoms with Gasteiger partial charge in [0.05, 0.1) is 12.6 Å². The van der Waals surface area contributed by atoms with E-state index in [1.807, 2.05) is 6.07 Å². The van der Waals surface area contributed by atoms with E-state index in [1.165, 1.54) is 5.56 Å². The van der Waals surface area contributed by atoms with Crippen LogP contribution in [0.15, 0.2) is 30.3 Å². The van der Waals surface area contributed by atoms with Crippen LogP contribution >= 0.6 is 0 Å². The fourth-order valence-electron chi connectivity index (χ4n) is 3.01. The summed E-state index contributed by atoms with van der Waals surface area (Å²) in [6, 6.07) is 10.7. The number of ether oxygens (including phenoxy) is 1. The summed E-state index contributed by atoms with van der Waals surface area (Å²) in [7, 11) is 0. The van der Waals surface area contributed by atoms with Crippen molar-refractivity contribution < 1.29 is 9.53 Å². The lowest BCUT2D eigenvalue weighted by molar-refractivity contribution is -0.135. The predicted octanol–water partition coefficient (Wildman–Crippen LogP) is 2.50. The van der Waals surface area contributed by atoms with Crippen molar-refractivity contribution in [3.8, 4) is 0 Å². The molecular weight excluding hydrogens is 250 g/mol. The number of hydrogen-bond donors (Lipinski definition) is 0. The molecule has 1 aliphatic carbocycles. The summed E-state index contributed by atoms with van der Waals surface area (Å²) in [5, 5.41) is 0. The molecule has 3 atom stereocenters. The Kier molecular flexibility index (Phi) is 4.06. The van der Waals surface area contributed by atoms with Crippen LogP contribution in [0.1, 0.15) is 25.3 Å². The summed E-state index contributed by atoms with van der Waals surface area (Å²) < 4.78 is 5.47. The lowest BCUT2D eigenvalue weighted by atomic mass is 10.1. The number of hydrogen-bond acceptors (Lipinski definition) is 2. The topological polar surface area (TPSA) is 29.5 Å². The van der Waals surface area contributed by atoms with Gasteiger partial charge in [-0.3, -0.25) is 4.79 Å². The van der Waals surface area contributed by atoms with E-state index < -0.39 is 0 Å². The molecule has 0 N–H and O–H groups in total. The number of carbonyl (C=O) groups excluding carboxylic acids is 1. The van der Waals surface area contributed by atoms with Crippen molar-refractivity contribution in [2.24, 2.45) is 11.8 Å². The lowest BCUT2D eigenvalue weighted by Gasteiger charge is -2.28. The minimum absolute atomic E-state index is 0.270. The first-order valence-electron chi connectivity index (χ1n) is 7.68. The molecule has 2 fully saturated rings. The Balaban J connectivity index is 1.64. The van der Waals surface area contributed by atoms with E-state index in [-0.39, 0.29) is 5.92 Å². The summed E-state index contributed by atoms with van der Waals surface area (Å²) in [6.45, 7) is 4.49. The Morgan fingerprint density at radius 1 is 1.35 bits per heavy atom. The summed E-state index contributed by atoms with van der Waals surface area (Å²) in [4.78, 5) is 14.7. The Morgan fingerprint density at radius 3 is 2.70 bits per heavy atom. The van der Waals surface area contributed by atoms with Crippen LogP contribution in [0.4, 0.5) is 0 Å². The smallest absolute Gasteiger partial charge is 0.226 e. The third-order valence-electron chi connectivity index (χ3n) is 4.54. The van der Waals surface area contributed by atoms with E-state index in [1.54, 1.807) is 0 Å². The van der Waals surface area contributed by atoms with E-state index >= 15 is 0 Å². The molecule has 20 heavy (non-hydrogen) atoms. The van der Waals surface area contributed by atoms with Gasteiger partial charge >= 0.3 is 0 Å². The van der Waals surface area contributed by atoms with Gasteiger partial charge in [-0.2, -0.15) is 0 Å². The first kappa shape index (κ1) is 13.6. The Hall–Kier alpha value is -1.35. The molecule has 1 saturated heterocycles. The van der Waals surface area contributed by atoms with E-state index in [0.717, 1.165) is 32.4 Å². The maximum absolute atomic E-state index is 12.6. The highest BCUT2D eigenvalue weighted by molar-refractivity contribution is 5.82. The quantitative estimate of drug-likeness (QED) is 0.825. The Morgan fingerprint density at radius 2 is 2.10 bits per heavy atom. The monoisotopic (exact) mass is 273 g/mol. The zero-order chi connectivity index (χ0) is 13.9. The number of carbonyl (C=O) groups is 1. The molecule has 0 bridgehead atoms. The molecule has 1 heterocycles. The summed E-state index contributed by atoms with van der Waals surface area (Å²) in [5.41, 5.74) is 1.30. The zero-order valence-corrected chi connectivity index (χ0v) is 12.1. The van der Waals surface area contributed by atoms with Gasteiger partial charge in [0.2, 0.25) is 5.91 Å². The van der Waals surface area contributed by atoms with Gasteiger partial charge in [0.15, 0.2) is 0 Å². The van der Waals surface area contributed by atoms with Gasteiger partial charge < -0.3 is 9.64 Å². The van der Waals surface area contributed by atoms with Crippen molar-refractivity contribution >= 4 is 5.91 Å². The van der Waals surface area contributed by atoms with Crippen LogP contribution in [0.5, 0.6) is 0 Å². The van der Waals surface area contributed by atoms with Gasteiger partial charge in [-0.1, -0.05) is 37.3 Å². The maximum atomic E-state index is 12.6. The first-order valence-corrected chi connectivity index (χ1v) is 7.68. The van der Waals surface area contributed by atoms with Crippen molar-refractivity contribution in [3.05, 3.63) is 35.9 Å². The fraction of sp³-hybridized carbons (Fsp3) is 0.588. The SMILES string of the molecule is C[C@@H]1C[C@@H]1C(=O)N(CCc1ccccc1)[C@H]1CCOC1. The number of benzene rings is 1. The largest absolute Gasteiger partial charge is 0.379 e. The molecule has 1 aromatic carbocycles. The van der Waals surface area contributed by atoms with Gasteiger partial charge in [0, 0.05) is 19.1 Å². The summed E-state index contributed by atoms with van der Waals surface area (Å²) in [6.07, 6.45) is 2.99. The molecule has 0 spiro atoms. The van der Waals surface area contributed by atoms with Crippen molar-refractivity contribution in [3.63, 3.8) is 0 Å². The second-order valence-corrected chi connectivity index (χ2v) is 6.10. The fourth-order valence-corrected chi connectivity index (χ4v) is 3.01. The third-order valence-corrected chi connectivity index (χ3v) is 4.54. The minimum Gasteiger partial charge on any atom is -0.379 e. The van der Waals surface area contributed by atoms with Gasteiger partial charge in [0.1, 0.15) is 0 Å². The molecule has 0 unspecified atom stereocenters. The number of rotatable bonds is 5. The molecule has 1 aromatic rings. The molecule has 1 aliphatic heterocycles. The first-order chi connectivity index (χ1) is 9.75. The van der Waals surface area contributed by atoms with Crippen LogP contribution in [0.2, 0.25) is 0 Å². The van der Waals surface area contributed by atoms with E-state index in [0.29, 0.717) is 24.5 Å². The van der Waals surface area contributed by atoms with E-state index in [4.69, 9.17) is 4.74 Å². The van der Waals surface area contributed by atoms with Crippen molar-refractivity contribution in [2.75, 3.05) is 19.8 Å². The number of amides is 1. The number of nitrogens with zero attached hydrogens (tertiary/aromatic N) is 1. The second-order valence-electron chi connectivity index (χ2n) is 6.10. The standard InChI is InChI=1S/C17H23NO2/c1-13-11-16(13)17(19)18(15-8-10-20-12-15)9-7-14-5-3-2-4-6-14/h2-6,13,15-16H,7-12H2,1H3/t13-,15+,16+/m1/s1.